The number of likely N-dealkylation sites (tertiary alicyclic amines) is 1. The number of nitrogens with zero attached hydrogens (tertiary/aromatic N) is 4. The number of aromatic nitrogens is 3. The van der Waals surface area contributed by atoms with E-state index in [4.69, 9.17) is 5.73 Å². The highest BCUT2D eigenvalue weighted by atomic mass is 16.5. The number of carbonyl (C=O) groups is 2. The highest BCUT2D eigenvalue weighted by Gasteiger charge is 2.23. The Morgan fingerprint density at radius 2 is 2.00 bits per heavy atom. The molecule has 0 aromatic carbocycles. The summed E-state index contributed by atoms with van der Waals surface area (Å²) in [5.41, 5.74) is 6.24. The summed E-state index contributed by atoms with van der Waals surface area (Å²) < 4.78 is 6.12. The Balaban J connectivity index is 2.13. The topological polar surface area (TPSA) is 103 Å². The molecule has 1 saturated heterocycles. The molecule has 0 unspecified atom stereocenters. The average molecular weight is 295 g/mol. The molecule has 0 bridgehead atoms. The molecule has 8 heteroatoms. The van der Waals surface area contributed by atoms with Crippen molar-refractivity contribution in [2.75, 3.05) is 26.7 Å². The molecule has 2 rings (SSSR count). The normalized spacial score (nSPS) is 15.0. The molecule has 8 nitrogen and oxygen atoms in total. The summed E-state index contributed by atoms with van der Waals surface area (Å²) in [6.07, 6.45) is 3.65. The molecule has 1 amide bonds. The minimum atomic E-state index is -0.560. The lowest BCUT2D eigenvalue weighted by Crippen LogP contribution is -2.38. The van der Waals surface area contributed by atoms with Crippen molar-refractivity contribution in [3.63, 3.8) is 0 Å². The molecular formula is C13H21N5O3. The molecule has 116 valence electrons. The number of hydrogen-bond acceptors (Lipinski definition) is 6. The van der Waals surface area contributed by atoms with Crippen molar-refractivity contribution in [3.05, 3.63) is 11.4 Å². The van der Waals surface area contributed by atoms with Crippen LogP contribution in [-0.2, 0) is 22.5 Å². The van der Waals surface area contributed by atoms with Crippen LogP contribution in [0.5, 0.6) is 0 Å². The minimum absolute atomic E-state index is 0.00529. The van der Waals surface area contributed by atoms with Gasteiger partial charge in [0.1, 0.15) is 6.54 Å². The third-order valence-electron chi connectivity index (χ3n) is 3.59. The van der Waals surface area contributed by atoms with E-state index in [0.717, 1.165) is 32.4 Å². The molecular weight excluding hydrogens is 274 g/mol. The lowest BCUT2D eigenvalue weighted by atomic mass is 10.1. The van der Waals surface area contributed by atoms with E-state index in [-0.39, 0.29) is 18.1 Å². The number of nitrogens with two attached hydrogens (primary N) is 1. The fraction of sp³-hybridized carbons (Fsp3) is 0.692. The summed E-state index contributed by atoms with van der Waals surface area (Å²) in [5.74, 6) is -0.565. The molecule has 1 aromatic heterocycles. The van der Waals surface area contributed by atoms with E-state index in [1.54, 1.807) is 0 Å². The van der Waals surface area contributed by atoms with E-state index >= 15 is 0 Å². The van der Waals surface area contributed by atoms with E-state index in [9.17, 15) is 9.59 Å². The zero-order valence-electron chi connectivity index (χ0n) is 12.2. The Morgan fingerprint density at radius 3 is 2.62 bits per heavy atom. The molecule has 2 N–H and O–H groups in total. The first-order valence-corrected chi connectivity index (χ1v) is 7.16. The van der Waals surface area contributed by atoms with Crippen LogP contribution in [0.1, 0.15) is 35.4 Å². The van der Waals surface area contributed by atoms with Gasteiger partial charge >= 0.3 is 5.97 Å². The van der Waals surface area contributed by atoms with Gasteiger partial charge in [-0.1, -0.05) is 5.21 Å². The molecule has 0 aliphatic carbocycles. The average Bonchev–Trinajstić information content (AvgIpc) is 2.90. The molecule has 0 radical (unpaired) electrons. The van der Waals surface area contributed by atoms with Crippen LogP contribution in [0.4, 0.5) is 0 Å². The van der Waals surface area contributed by atoms with Gasteiger partial charge in [-0.15, -0.1) is 5.10 Å². The molecule has 2 heterocycles. The van der Waals surface area contributed by atoms with Crippen LogP contribution in [0.25, 0.3) is 0 Å². The van der Waals surface area contributed by atoms with Gasteiger partial charge in [0.15, 0.2) is 5.69 Å². The maximum absolute atomic E-state index is 12.3. The number of amides is 1. The Bertz CT molecular complexity index is 508. The van der Waals surface area contributed by atoms with Crippen LogP contribution in [0, 0.1) is 0 Å². The number of carbonyl (C=O) groups excluding carboxylic acids is 2. The maximum atomic E-state index is 12.3. The SMILES string of the molecule is COC(=O)c1nnn(CC(=O)N2CCCCC2)c1CCN. The Morgan fingerprint density at radius 1 is 1.29 bits per heavy atom. The summed E-state index contributed by atoms with van der Waals surface area (Å²) in [4.78, 5) is 25.7. The van der Waals surface area contributed by atoms with Gasteiger partial charge in [-0.3, -0.25) is 4.79 Å². The van der Waals surface area contributed by atoms with Gasteiger partial charge in [-0.05, 0) is 25.8 Å². The van der Waals surface area contributed by atoms with E-state index in [2.05, 4.69) is 15.0 Å². The van der Waals surface area contributed by atoms with Gasteiger partial charge in [0, 0.05) is 19.5 Å². The Kier molecular flexibility index (Phi) is 5.26. The maximum Gasteiger partial charge on any atom is 0.360 e. The first kappa shape index (κ1) is 15.4. The highest BCUT2D eigenvalue weighted by Crippen LogP contribution is 2.12. The number of hydrogen-bond donors (Lipinski definition) is 1. The second kappa shape index (κ2) is 7.16. The van der Waals surface area contributed by atoms with Gasteiger partial charge in [0.05, 0.1) is 12.8 Å². The van der Waals surface area contributed by atoms with Crippen LogP contribution in [0.2, 0.25) is 0 Å². The smallest absolute Gasteiger partial charge is 0.360 e. The fourth-order valence-electron chi connectivity index (χ4n) is 2.47. The molecule has 0 spiro atoms. The van der Waals surface area contributed by atoms with Crippen molar-refractivity contribution in [1.29, 1.82) is 0 Å². The zero-order chi connectivity index (χ0) is 15.2. The molecule has 1 fully saturated rings. The Labute approximate surface area is 123 Å². The number of ether oxygens (including phenoxy) is 1. The molecule has 1 aliphatic heterocycles. The highest BCUT2D eigenvalue weighted by molar-refractivity contribution is 5.88. The second-order valence-corrected chi connectivity index (χ2v) is 5.01. The van der Waals surface area contributed by atoms with Crippen molar-refractivity contribution in [1.82, 2.24) is 19.9 Å². The van der Waals surface area contributed by atoms with Gasteiger partial charge in [0.2, 0.25) is 5.91 Å². The van der Waals surface area contributed by atoms with Crippen LogP contribution in [0.15, 0.2) is 0 Å². The monoisotopic (exact) mass is 295 g/mol. The molecule has 0 atom stereocenters. The fourth-order valence-corrected chi connectivity index (χ4v) is 2.47. The summed E-state index contributed by atoms with van der Waals surface area (Å²) >= 11 is 0. The predicted octanol–water partition coefficient (Wildman–Crippen LogP) is -0.422. The van der Waals surface area contributed by atoms with Crippen molar-refractivity contribution < 1.29 is 14.3 Å². The number of esters is 1. The number of methoxy groups -OCH3 is 1. The van der Waals surface area contributed by atoms with E-state index < -0.39 is 5.97 Å². The van der Waals surface area contributed by atoms with E-state index in [1.807, 2.05) is 4.90 Å². The number of piperidine rings is 1. The quantitative estimate of drug-likeness (QED) is 0.740. The molecule has 1 aliphatic rings. The zero-order valence-corrected chi connectivity index (χ0v) is 12.2. The molecule has 1 aromatic rings. The summed E-state index contributed by atoms with van der Waals surface area (Å²) in [7, 11) is 1.28. The lowest BCUT2D eigenvalue weighted by Gasteiger charge is -2.26. The summed E-state index contributed by atoms with van der Waals surface area (Å²) in [5, 5.41) is 7.72. The first-order chi connectivity index (χ1) is 10.2. The van der Waals surface area contributed by atoms with Crippen LogP contribution >= 0.6 is 0 Å². The van der Waals surface area contributed by atoms with Gasteiger partial charge < -0.3 is 15.4 Å². The van der Waals surface area contributed by atoms with Gasteiger partial charge in [-0.25, -0.2) is 9.48 Å². The van der Waals surface area contributed by atoms with Crippen LogP contribution in [-0.4, -0.2) is 58.5 Å². The van der Waals surface area contributed by atoms with E-state index in [1.165, 1.54) is 11.8 Å². The largest absolute Gasteiger partial charge is 0.464 e. The van der Waals surface area contributed by atoms with Gasteiger partial charge in [0.25, 0.3) is 0 Å². The first-order valence-electron chi connectivity index (χ1n) is 7.16. The van der Waals surface area contributed by atoms with Gasteiger partial charge in [-0.2, -0.15) is 0 Å². The van der Waals surface area contributed by atoms with Crippen molar-refractivity contribution in [3.8, 4) is 0 Å². The Hall–Kier alpha value is -1.96. The molecule has 21 heavy (non-hydrogen) atoms. The standard InChI is InChI=1S/C13H21N5O3/c1-21-13(20)12-10(5-6-14)18(16-15-12)9-11(19)17-7-3-2-4-8-17/h2-9,14H2,1H3. The third kappa shape index (κ3) is 3.57. The van der Waals surface area contributed by atoms with Crippen molar-refractivity contribution in [2.24, 2.45) is 5.73 Å². The summed E-state index contributed by atoms with van der Waals surface area (Å²) in [6.45, 7) is 1.99. The van der Waals surface area contributed by atoms with Crippen molar-refractivity contribution >= 4 is 11.9 Å². The van der Waals surface area contributed by atoms with E-state index in [0.29, 0.717) is 18.7 Å². The van der Waals surface area contributed by atoms with Crippen LogP contribution < -0.4 is 5.73 Å². The predicted molar refractivity (Wildman–Crippen MR) is 74.6 cm³/mol. The number of rotatable bonds is 5. The van der Waals surface area contributed by atoms with Crippen LogP contribution in [0.3, 0.4) is 0 Å². The van der Waals surface area contributed by atoms with Crippen molar-refractivity contribution in [2.45, 2.75) is 32.2 Å². The third-order valence-corrected chi connectivity index (χ3v) is 3.59. The summed E-state index contributed by atoms with van der Waals surface area (Å²) in [6, 6.07) is 0. The molecule has 0 saturated carbocycles. The second-order valence-electron chi connectivity index (χ2n) is 5.01. The minimum Gasteiger partial charge on any atom is -0.464 e. The lowest BCUT2D eigenvalue weighted by molar-refractivity contribution is -0.133.